The molecule has 0 bridgehead atoms. The van der Waals surface area contributed by atoms with Gasteiger partial charge in [0.2, 0.25) is 0 Å². The van der Waals surface area contributed by atoms with Gasteiger partial charge in [0.25, 0.3) is 5.56 Å². The second-order valence-electron chi connectivity index (χ2n) is 9.89. The first-order chi connectivity index (χ1) is 17.9. The summed E-state index contributed by atoms with van der Waals surface area (Å²) in [6.45, 7) is 4.53. The Balaban J connectivity index is 1.34. The van der Waals surface area contributed by atoms with E-state index in [0.717, 1.165) is 47.2 Å². The normalized spacial score (nSPS) is 18.5. The van der Waals surface area contributed by atoms with E-state index in [0.29, 0.717) is 48.3 Å². The Labute approximate surface area is 219 Å². The van der Waals surface area contributed by atoms with Crippen molar-refractivity contribution in [1.82, 2.24) is 9.55 Å². The summed E-state index contributed by atoms with van der Waals surface area (Å²) in [5.41, 5.74) is 3.91. The van der Waals surface area contributed by atoms with Crippen molar-refractivity contribution in [2.75, 3.05) is 31.2 Å². The molecule has 2 aliphatic heterocycles. The minimum Gasteiger partial charge on any atom is -0.486 e. The largest absolute Gasteiger partial charge is 0.486 e. The van der Waals surface area contributed by atoms with E-state index >= 15 is 0 Å². The zero-order valence-electron chi connectivity index (χ0n) is 20.8. The highest BCUT2D eigenvalue weighted by Crippen LogP contribution is 2.39. The minimum absolute atomic E-state index is 0.0698. The molecule has 2 aromatic heterocycles. The van der Waals surface area contributed by atoms with Crippen LogP contribution in [-0.4, -0.2) is 42.0 Å². The number of oxazole rings is 1. The monoisotopic (exact) mass is 518 g/mol. The van der Waals surface area contributed by atoms with Gasteiger partial charge >= 0.3 is 0 Å². The van der Waals surface area contributed by atoms with E-state index in [1.807, 2.05) is 31.2 Å². The number of hydrogen-bond acceptors (Lipinski definition) is 7. The van der Waals surface area contributed by atoms with Gasteiger partial charge in [0.1, 0.15) is 29.0 Å². The fraction of sp³-hybridized carbons (Fsp3) is 0.393. The molecule has 190 valence electrons. The summed E-state index contributed by atoms with van der Waals surface area (Å²) in [6, 6.07) is 11.8. The molecule has 4 aromatic rings. The Bertz CT molecular complexity index is 1610. The van der Waals surface area contributed by atoms with E-state index < -0.39 is 0 Å². The third-order valence-electron chi connectivity index (χ3n) is 7.44. The Morgan fingerprint density at radius 1 is 1.19 bits per heavy atom. The highest BCUT2D eigenvalue weighted by molar-refractivity contribution is 6.33. The lowest BCUT2D eigenvalue weighted by atomic mass is 9.95. The van der Waals surface area contributed by atoms with Gasteiger partial charge in [0.05, 0.1) is 29.4 Å². The molecule has 0 spiro atoms. The van der Waals surface area contributed by atoms with Crippen LogP contribution in [0.1, 0.15) is 42.2 Å². The second kappa shape index (κ2) is 9.40. The zero-order chi connectivity index (χ0) is 25.7. The number of ether oxygens (including phenoxy) is 2. The number of benzene rings is 2. The smallest absolute Gasteiger partial charge is 0.270 e. The Morgan fingerprint density at radius 2 is 2.00 bits per heavy atom. The summed E-state index contributed by atoms with van der Waals surface area (Å²) in [4.78, 5) is 20.1. The third kappa shape index (κ3) is 4.22. The number of rotatable bonds is 4. The summed E-state index contributed by atoms with van der Waals surface area (Å²) in [5.74, 6) is 1.43. The first-order valence-electron chi connectivity index (χ1n) is 12.6. The third-order valence-corrected chi connectivity index (χ3v) is 7.73. The number of anilines is 1. The van der Waals surface area contributed by atoms with Crippen LogP contribution in [0.25, 0.3) is 22.0 Å². The lowest BCUT2D eigenvalue weighted by molar-refractivity contribution is 0.141. The lowest BCUT2D eigenvalue weighted by Crippen LogP contribution is -2.36. The molecule has 2 aromatic carbocycles. The van der Waals surface area contributed by atoms with E-state index in [9.17, 15) is 10.1 Å². The van der Waals surface area contributed by atoms with Gasteiger partial charge in [0.15, 0.2) is 11.5 Å². The van der Waals surface area contributed by atoms with Gasteiger partial charge in [-0.1, -0.05) is 17.7 Å². The maximum absolute atomic E-state index is 13.2. The van der Waals surface area contributed by atoms with E-state index in [1.165, 1.54) is 4.57 Å². The molecule has 37 heavy (non-hydrogen) atoms. The maximum atomic E-state index is 13.2. The molecule has 8 nitrogen and oxygen atoms in total. The van der Waals surface area contributed by atoms with Crippen LogP contribution in [0.2, 0.25) is 5.02 Å². The van der Waals surface area contributed by atoms with Crippen LogP contribution in [-0.2, 0) is 11.8 Å². The minimum atomic E-state index is -0.334. The highest BCUT2D eigenvalue weighted by Gasteiger charge is 2.29. The molecular weight excluding hydrogens is 492 g/mol. The van der Waals surface area contributed by atoms with Crippen LogP contribution in [0.4, 0.5) is 5.69 Å². The van der Waals surface area contributed by atoms with Gasteiger partial charge in [0, 0.05) is 43.9 Å². The van der Waals surface area contributed by atoms with Crippen LogP contribution in [0.5, 0.6) is 5.75 Å². The van der Waals surface area contributed by atoms with Crippen molar-refractivity contribution in [3.63, 3.8) is 0 Å². The quantitative estimate of drug-likeness (QED) is 0.372. The van der Waals surface area contributed by atoms with E-state index in [-0.39, 0.29) is 23.1 Å². The molecule has 0 aliphatic carbocycles. The van der Waals surface area contributed by atoms with E-state index in [2.05, 4.69) is 11.0 Å². The molecule has 0 N–H and O–H groups in total. The second-order valence-corrected chi connectivity index (χ2v) is 10.3. The van der Waals surface area contributed by atoms with Crippen molar-refractivity contribution in [3.8, 4) is 11.8 Å². The van der Waals surface area contributed by atoms with Crippen LogP contribution >= 0.6 is 11.6 Å². The predicted molar refractivity (Wildman–Crippen MR) is 142 cm³/mol. The number of nitrogens with zero attached hydrogens (tertiary/aromatic N) is 4. The predicted octanol–water partition coefficient (Wildman–Crippen LogP) is 5.06. The SMILES string of the molecule is Cc1ccc2oc(C3CCN(c4c(C#N)c(=O)n(C)c5cc(OC6CCOC6)c(Cl)cc45)CC3)nc2c1. The first kappa shape index (κ1) is 23.8. The number of piperidine rings is 1. The number of pyridine rings is 1. The number of nitriles is 1. The Hall–Kier alpha value is -3.54. The first-order valence-corrected chi connectivity index (χ1v) is 12.9. The molecule has 0 amide bonds. The summed E-state index contributed by atoms with van der Waals surface area (Å²) >= 11 is 6.66. The summed E-state index contributed by atoms with van der Waals surface area (Å²) in [7, 11) is 1.67. The number of halogens is 1. The average molecular weight is 519 g/mol. The van der Waals surface area contributed by atoms with Crippen LogP contribution < -0.4 is 15.2 Å². The zero-order valence-corrected chi connectivity index (χ0v) is 21.5. The fourth-order valence-electron chi connectivity index (χ4n) is 5.41. The molecule has 0 radical (unpaired) electrons. The van der Waals surface area contributed by atoms with E-state index in [4.69, 9.17) is 30.5 Å². The maximum Gasteiger partial charge on any atom is 0.270 e. The molecule has 2 saturated heterocycles. The molecule has 0 saturated carbocycles. The van der Waals surface area contributed by atoms with Gasteiger partial charge in [-0.05, 0) is 43.5 Å². The van der Waals surface area contributed by atoms with E-state index in [1.54, 1.807) is 13.1 Å². The molecule has 2 fully saturated rings. The van der Waals surface area contributed by atoms with Crippen LogP contribution in [0, 0.1) is 18.3 Å². The van der Waals surface area contributed by atoms with Crippen molar-refractivity contribution in [1.29, 1.82) is 5.26 Å². The van der Waals surface area contributed by atoms with Crippen molar-refractivity contribution in [3.05, 3.63) is 62.7 Å². The molecule has 4 heterocycles. The number of aryl methyl sites for hydroxylation is 2. The average Bonchev–Trinajstić information content (AvgIpc) is 3.57. The highest BCUT2D eigenvalue weighted by atomic mass is 35.5. The van der Waals surface area contributed by atoms with Crippen LogP contribution in [0.15, 0.2) is 39.5 Å². The molecule has 9 heteroatoms. The summed E-state index contributed by atoms with van der Waals surface area (Å²) in [6.07, 6.45) is 2.31. The number of fused-ring (bicyclic) bond motifs is 2. The standard InChI is InChI=1S/C28H27ClN4O4/c1-16-3-4-24-22(11-16)31-27(37-24)17-5-8-33(9-6-17)26-19-12-21(29)25(36-18-7-10-35-15-18)13-23(19)32(2)28(34)20(26)14-30/h3-4,11-13,17-18H,5-10,15H2,1-2H3. The molecule has 6 rings (SSSR count). The van der Waals surface area contributed by atoms with Gasteiger partial charge in [-0.3, -0.25) is 4.79 Å². The van der Waals surface area contributed by atoms with Gasteiger partial charge in [-0.15, -0.1) is 0 Å². The van der Waals surface area contributed by atoms with Gasteiger partial charge in [-0.2, -0.15) is 5.26 Å². The van der Waals surface area contributed by atoms with Crippen molar-refractivity contribution >= 4 is 39.3 Å². The summed E-state index contributed by atoms with van der Waals surface area (Å²) in [5, 5.41) is 11.2. The number of aromatic nitrogens is 2. The Kier molecular flexibility index (Phi) is 6.06. The van der Waals surface area contributed by atoms with Gasteiger partial charge in [-0.25, -0.2) is 4.98 Å². The van der Waals surface area contributed by atoms with Gasteiger partial charge < -0.3 is 23.4 Å². The van der Waals surface area contributed by atoms with Crippen molar-refractivity contribution in [2.24, 2.45) is 7.05 Å². The molecule has 2 aliphatic rings. The fourth-order valence-corrected chi connectivity index (χ4v) is 5.62. The summed E-state index contributed by atoms with van der Waals surface area (Å²) < 4.78 is 19.1. The van der Waals surface area contributed by atoms with Crippen LogP contribution in [0.3, 0.4) is 0 Å². The topological polar surface area (TPSA) is 93.5 Å². The molecule has 1 unspecified atom stereocenters. The van der Waals surface area contributed by atoms with Crippen molar-refractivity contribution in [2.45, 2.75) is 38.2 Å². The van der Waals surface area contributed by atoms with Crippen molar-refractivity contribution < 1.29 is 13.9 Å². The lowest BCUT2D eigenvalue weighted by Gasteiger charge is -2.34. The molecule has 1 atom stereocenters. The molecular formula is C28H27ClN4O4. The Morgan fingerprint density at radius 3 is 2.73 bits per heavy atom. The number of hydrogen-bond donors (Lipinski definition) is 0.